The van der Waals surface area contributed by atoms with Gasteiger partial charge >= 0.3 is 0 Å². The van der Waals surface area contributed by atoms with Crippen molar-refractivity contribution in [3.8, 4) is 0 Å². The number of para-hydroxylation sites is 1. The number of H-pyrrole nitrogens is 1. The Morgan fingerprint density at radius 1 is 1.22 bits per heavy atom. The van der Waals surface area contributed by atoms with Crippen molar-refractivity contribution in [2.45, 2.75) is 51.9 Å². The summed E-state index contributed by atoms with van der Waals surface area (Å²) in [7, 11) is -3.70. The summed E-state index contributed by atoms with van der Waals surface area (Å²) in [6, 6.07) is 7.70. The molecule has 0 aliphatic carbocycles. The summed E-state index contributed by atoms with van der Waals surface area (Å²) in [4.78, 5) is 14.0. The number of amides is 1. The van der Waals surface area contributed by atoms with Gasteiger partial charge in [-0.2, -0.15) is 5.10 Å². The second-order valence-electron chi connectivity index (χ2n) is 7.60. The molecule has 0 spiro atoms. The zero-order valence-electron chi connectivity index (χ0n) is 16.8. The Morgan fingerprint density at radius 3 is 2.37 bits per heavy atom. The van der Waals surface area contributed by atoms with Gasteiger partial charge in [-0.3, -0.25) is 9.89 Å². The van der Waals surface area contributed by atoms with Crippen LogP contribution in [0, 0.1) is 13.8 Å². The molecule has 0 saturated carbocycles. The van der Waals surface area contributed by atoms with E-state index < -0.39 is 10.0 Å². The van der Waals surface area contributed by atoms with Gasteiger partial charge in [0.05, 0.1) is 11.4 Å². The molecule has 0 saturated heterocycles. The molecule has 8 heteroatoms. The fraction of sp³-hybridized carbons (Fsp3) is 0.474. The largest absolute Gasteiger partial charge is 0.311 e. The van der Waals surface area contributed by atoms with Crippen LogP contribution in [0.1, 0.15) is 44.6 Å². The molecule has 2 rings (SSSR count). The van der Waals surface area contributed by atoms with E-state index in [9.17, 15) is 13.2 Å². The summed E-state index contributed by atoms with van der Waals surface area (Å²) >= 11 is 0. The maximum atomic E-state index is 12.6. The van der Waals surface area contributed by atoms with E-state index in [0.29, 0.717) is 11.4 Å². The summed E-state index contributed by atoms with van der Waals surface area (Å²) in [6.07, 6.45) is 0. The maximum absolute atomic E-state index is 12.6. The number of sulfonamides is 1. The van der Waals surface area contributed by atoms with Gasteiger partial charge in [0.2, 0.25) is 15.9 Å². The number of benzene rings is 1. The molecule has 1 heterocycles. The van der Waals surface area contributed by atoms with Gasteiger partial charge in [-0.25, -0.2) is 13.1 Å². The van der Waals surface area contributed by atoms with Gasteiger partial charge in [0.15, 0.2) is 0 Å². The van der Waals surface area contributed by atoms with Crippen molar-refractivity contribution in [3.05, 3.63) is 41.2 Å². The molecule has 0 aliphatic rings. The van der Waals surface area contributed by atoms with Gasteiger partial charge in [-0.05, 0) is 30.9 Å². The van der Waals surface area contributed by atoms with Gasteiger partial charge < -0.3 is 4.90 Å². The first kappa shape index (κ1) is 21.1. The van der Waals surface area contributed by atoms with E-state index >= 15 is 0 Å². The number of carbonyl (C=O) groups is 1. The highest BCUT2D eigenvalue weighted by Gasteiger charge is 2.25. The normalized spacial score (nSPS) is 12.2. The molecule has 1 amide bonds. The van der Waals surface area contributed by atoms with Gasteiger partial charge in [-0.15, -0.1) is 0 Å². The van der Waals surface area contributed by atoms with E-state index in [1.54, 1.807) is 18.7 Å². The summed E-state index contributed by atoms with van der Waals surface area (Å²) < 4.78 is 27.7. The minimum absolute atomic E-state index is 0.102. The van der Waals surface area contributed by atoms with Crippen LogP contribution < -0.4 is 9.62 Å². The molecule has 2 aromatic rings. The molecule has 0 unspecified atom stereocenters. The molecular formula is C19H28N4O3S. The molecule has 2 N–H and O–H groups in total. The Hall–Kier alpha value is -2.19. The van der Waals surface area contributed by atoms with E-state index in [1.807, 2.05) is 24.3 Å². The molecule has 1 aromatic heterocycles. The minimum Gasteiger partial charge on any atom is -0.311 e. The number of rotatable bonds is 6. The molecule has 7 nitrogen and oxygen atoms in total. The molecule has 0 fully saturated rings. The first-order valence-corrected chi connectivity index (χ1v) is 10.3. The first-order chi connectivity index (χ1) is 12.4. The zero-order valence-corrected chi connectivity index (χ0v) is 17.6. The van der Waals surface area contributed by atoms with E-state index in [-0.39, 0.29) is 29.3 Å². The van der Waals surface area contributed by atoms with Crippen LogP contribution in [0.2, 0.25) is 0 Å². The molecule has 0 bridgehead atoms. The number of carbonyl (C=O) groups excluding carboxylic acids is 1. The van der Waals surface area contributed by atoms with Crippen LogP contribution in [0.15, 0.2) is 29.2 Å². The highest BCUT2D eigenvalue weighted by Crippen LogP contribution is 2.31. The molecular weight excluding hydrogens is 364 g/mol. The lowest BCUT2D eigenvalue weighted by molar-refractivity contribution is -0.116. The number of aromatic nitrogens is 2. The molecule has 1 aromatic carbocycles. The topological polar surface area (TPSA) is 95.2 Å². The standard InChI is InChI=1S/C19H28N4O3S/c1-13-18(14(2)22-21-13)27(25,26)20-11-12-23(15(3)24)17-10-8-7-9-16(17)19(4,5)6/h7-10,20H,11-12H2,1-6H3,(H,21,22). The summed E-state index contributed by atoms with van der Waals surface area (Å²) in [5.41, 5.74) is 2.59. The van der Waals surface area contributed by atoms with Gasteiger partial charge in [0.25, 0.3) is 0 Å². The van der Waals surface area contributed by atoms with Gasteiger partial charge in [0, 0.05) is 25.7 Å². The van der Waals surface area contributed by atoms with E-state index in [4.69, 9.17) is 0 Å². The van der Waals surface area contributed by atoms with Crippen LogP contribution in [0.4, 0.5) is 5.69 Å². The summed E-state index contributed by atoms with van der Waals surface area (Å²) in [5.74, 6) is -0.137. The van der Waals surface area contributed by atoms with Crippen molar-refractivity contribution in [2.24, 2.45) is 0 Å². The highest BCUT2D eigenvalue weighted by molar-refractivity contribution is 7.89. The number of nitrogens with one attached hydrogen (secondary N) is 2. The smallest absolute Gasteiger partial charge is 0.244 e. The van der Waals surface area contributed by atoms with Crippen LogP contribution in [0.5, 0.6) is 0 Å². The van der Waals surface area contributed by atoms with Crippen molar-refractivity contribution in [2.75, 3.05) is 18.0 Å². The lowest BCUT2D eigenvalue weighted by Crippen LogP contribution is -2.38. The monoisotopic (exact) mass is 392 g/mol. The number of aryl methyl sites for hydroxylation is 2. The van der Waals surface area contributed by atoms with E-state index in [1.165, 1.54) is 6.92 Å². The summed E-state index contributed by atoms with van der Waals surface area (Å²) in [6.45, 7) is 11.4. The number of anilines is 1. The maximum Gasteiger partial charge on any atom is 0.244 e. The Labute approximate surface area is 161 Å². The molecule has 0 radical (unpaired) electrons. The second kappa shape index (κ2) is 7.82. The Morgan fingerprint density at radius 2 is 1.85 bits per heavy atom. The molecule has 0 atom stereocenters. The van der Waals surface area contributed by atoms with Crippen molar-refractivity contribution < 1.29 is 13.2 Å². The van der Waals surface area contributed by atoms with Crippen LogP contribution in [-0.2, 0) is 20.2 Å². The van der Waals surface area contributed by atoms with Gasteiger partial charge in [-0.1, -0.05) is 39.0 Å². The second-order valence-corrected chi connectivity index (χ2v) is 9.30. The predicted molar refractivity (Wildman–Crippen MR) is 106 cm³/mol. The number of hydrogen-bond acceptors (Lipinski definition) is 4. The van der Waals surface area contributed by atoms with Gasteiger partial charge in [0.1, 0.15) is 4.90 Å². The Kier molecular flexibility index (Phi) is 6.11. The fourth-order valence-corrected chi connectivity index (χ4v) is 4.48. The minimum atomic E-state index is -3.70. The van der Waals surface area contributed by atoms with Crippen molar-refractivity contribution in [1.82, 2.24) is 14.9 Å². The van der Waals surface area contributed by atoms with Crippen LogP contribution in [-0.4, -0.2) is 37.6 Å². The lowest BCUT2D eigenvalue weighted by Gasteiger charge is -2.29. The average molecular weight is 393 g/mol. The van der Waals surface area contributed by atoms with Crippen molar-refractivity contribution in [1.29, 1.82) is 0 Å². The van der Waals surface area contributed by atoms with Crippen molar-refractivity contribution in [3.63, 3.8) is 0 Å². The molecule has 0 aliphatic heterocycles. The average Bonchev–Trinajstić information content (AvgIpc) is 2.90. The quantitative estimate of drug-likeness (QED) is 0.790. The fourth-order valence-electron chi connectivity index (χ4n) is 3.09. The SMILES string of the molecule is CC(=O)N(CCNS(=O)(=O)c1c(C)n[nH]c1C)c1ccccc1C(C)(C)C. The van der Waals surface area contributed by atoms with Crippen LogP contribution >= 0.6 is 0 Å². The number of nitrogens with zero attached hydrogens (tertiary/aromatic N) is 2. The zero-order chi connectivity index (χ0) is 20.4. The number of aromatic amines is 1. The predicted octanol–water partition coefficient (Wildman–Crippen LogP) is 2.66. The third-order valence-electron chi connectivity index (χ3n) is 4.34. The molecule has 148 valence electrons. The van der Waals surface area contributed by atoms with Crippen molar-refractivity contribution >= 4 is 21.6 Å². The molecule has 27 heavy (non-hydrogen) atoms. The first-order valence-electron chi connectivity index (χ1n) is 8.84. The highest BCUT2D eigenvalue weighted by atomic mass is 32.2. The summed E-state index contributed by atoms with van der Waals surface area (Å²) in [5, 5.41) is 6.61. The lowest BCUT2D eigenvalue weighted by atomic mass is 9.85. The van der Waals surface area contributed by atoms with E-state index in [0.717, 1.165) is 11.3 Å². The third kappa shape index (κ3) is 4.75. The van der Waals surface area contributed by atoms with Crippen LogP contribution in [0.25, 0.3) is 0 Å². The number of hydrogen-bond donors (Lipinski definition) is 2. The Bertz CT molecular complexity index is 907. The van der Waals surface area contributed by atoms with E-state index in [2.05, 4.69) is 35.7 Å². The van der Waals surface area contributed by atoms with Crippen LogP contribution in [0.3, 0.4) is 0 Å². The Balaban J connectivity index is 2.21. The third-order valence-corrected chi connectivity index (χ3v) is 6.06.